The van der Waals surface area contributed by atoms with Gasteiger partial charge in [0.25, 0.3) is 0 Å². The van der Waals surface area contributed by atoms with Crippen molar-refractivity contribution in [3.05, 3.63) is 11.8 Å². The Labute approximate surface area is 167 Å². The molecule has 5 unspecified atom stereocenters. The van der Waals surface area contributed by atoms with Crippen LogP contribution in [0.2, 0.25) is 5.82 Å². The molecular weight excluding hydrogens is 332 g/mol. The summed E-state index contributed by atoms with van der Waals surface area (Å²) in [7, 11) is 4.48. The van der Waals surface area contributed by atoms with Crippen molar-refractivity contribution in [1.82, 2.24) is 4.90 Å². The standard InChI is InChI=1S/C22H37B2NO2/c1-5-25-17-9-6-14-16-8-7-15(13(2)23)21(16,4)12-22(24,27)19(14)20(17,3)11-10-18(25)26/h9,13-16,19,27H,5-8,10-12,23-24H2,1-4H3/t13?,14?,15?,16?,19?,20-,21+,22-/m0/s1. The van der Waals surface area contributed by atoms with E-state index in [0.717, 1.165) is 25.8 Å². The lowest BCUT2D eigenvalue weighted by atomic mass is 9.40. The molecule has 4 rings (SSSR count). The van der Waals surface area contributed by atoms with E-state index >= 15 is 0 Å². The number of carbonyl (C=O) groups is 1. The summed E-state index contributed by atoms with van der Waals surface area (Å²) in [6.45, 7) is 10.0. The van der Waals surface area contributed by atoms with Crippen LogP contribution in [-0.4, -0.2) is 43.7 Å². The number of amides is 1. The van der Waals surface area contributed by atoms with Crippen LogP contribution >= 0.6 is 0 Å². The molecule has 148 valence electrons. The number of fused-ring (bicyclic) bond motifs is 5. The first kappa shape index (κ1) is 19.6. The SMILES string of the molecule is BC(C)C1CCC2C3CC=C4N(CC)C(=O)CC[C@]4(C)C3[C@@](B)(O)C[C@]12C. The molecule has 3 fully saturated rings. The van der Waals surface area contributed by atoms with Gasteiger partial charge in [0.1, 0.15) is 15.7 Å². The smallest absolute Gasteiger partial charge is 0.226 e. The molecule has 27 heavy (non-hydrogen) atoms. The van der Waals surface area contributed by atoms with Gasteiger partial charge in [-0.05, 0) is 61.7 Å². The molecule has 1 heterocycles. The summed E-state index contributed by atoms with van der Waals surface area (Å²) in [5, 5.41) is 11.9. The number of aliphatic hydroxyl groups is 1. The number of hydrogen-bond donors (Lipinski definition) is 1. The number of piperidine rings is 1. The van der Waals surface area contributed by atoms with E-state index < -0.39 is 5.50 Å². The van der Waals surface area contributed by atoms with E-state index in [9.17, 15) is 9.90 Å². The van der Waals surface area contributed by atoms with Crippen LogP contribution in [-0.2, 0) is 4.79 Å². The van der Waals surface area contributed by atoms with Gasteiger partial charge in [-0.25, -0.2) is 0 Å². The van der Waals surface area contributed by atoms with Gasteiger partial charge in [0, 0.05) is 29.6 Å². The molecule has 0 radical (unpaired) electrons. The summed E-state index contributed by atoms with van der Waals surface area (Å²) in [6, 6.07) is 0. The molecule has 0 bridgehead atoms. The van der Waals surface area contributed by atoms with E-state index in [4.69, 9.17) is 0 Å². The topological polar surface area (TPSA) is 40.5 Å². The molecule has 1 aliphatic heterocycles. The molecule has 4 aliphatic rings. The van der Waals surface area contributed by atoms with Crippen LogP contribution in [0.15, 0.2) is 11.8 Å². The fraction of sp³-hybridized carbons (Fsp3) is 0.864. The normalized spacial score (nSPS) is 50.5. The van der Waals surface area contributed by atoms with Crippen LogP contribution in [0.5, 0.6) is 0 Å². The molecule has 8 atom stereocenters. The van der Waals surface area contributed by atoms with E-state index in [-0.39, 0.29) is 22.7 Å². The number of carbonyl (C=O) groups excluding carboxylic acids is 1. The third kappa shape index (κ3) is 2.56. The van der Waals surface area contributed by atoms with Gasteiger partial charge in [-0.15, -0.1) is 0 Å². The second-order valence-electron chi connectivity index (χ2n) is 11.1. The average Bonchev–Trinajstić information content (AvgIpc) is 2.90. The van der Waals surface area contributed by atoms with Crippen molar-refractivity contribution in [2.75, 3.05) is 6.54 Å². The molecule has 0 aromatic heterocycles. The third-order valence-electron chi connectivity index (χ3n) is 9.26. The van der Waals surface area contributed by atoms with Crippen LogP contribution in [0.3, 0.4) is 0 Å². The Morgan fingerprint density at radius 1 is 1.37 bits per heavy atom. The lowest BCUT2D eigenvalue weighted by molar-refractivity contribution is -0.159. The van der Waals surface area contributed by atoms with Crippen molar-refractivity contribution in [3.8, 4) is 0 Å². The molecule has 1 saturated heterocycles. The molecule has 1 amide bonds. The average molecular weight is 369 g/mol. The number of allylic oxidation sites excluding steroid dienone is 2. The predicted octanol–water partition coefficient (Wildman–Crippen LogP) is 2.35. The second-order valence-corrected chi connectivity index (χ2v) is 11.1. The Bertz CT molecular complexity index is 675. The summed E-state index contributed by atoms with van der Waals surface area (Å²) >= 11 is 0. The predicted molar refractivity (Wildman–Crippen MR) is 115 cm³/mol. The molecule has 3 aliphatic carbocycles. The van der Waals surface area contributed by atoms with Crippen LogP contribution in [0.1, 0.15) is 66.2 Å². The molecule has 5 heteroatoms. The maximum atomic E-state index is 12.5. The van der Waals surface area contributed by atoms with Crippen molar-refractivity contribution in [2.24, 2.45) is 34.5 Å². The number of hydrogen-bond acceptors (Lipinski definition) is 2. The fourth-order valence-corrected chi connectivity index (χ4v) is 8.71. The number of rotatable bonds is 2. The molecular formula is C22H37B2NO2. The first-order chi connectivity index (χ1) is 12.6. The van der Waals surface area contributed by atoms with E-state index in [0.29, 0.717) is 30.0 Å². The Hall–Kier alpha value is -0.700. The minimum Gasteiger partial charge on any atom is -0.399 e. The zero-order chi connectivity index (χ0) is 19.8. The maximum Gasteiger partial charge on any atom is 0.226 e. The van der Waals surface area contributed by atoms with Crippen LogP contribution in [0.25, 0.3) is 0 Å². The van der Waals surface area contributed by atoms with Crippen LogP contribution < -0.4 is 0 Å². The quantitative estimate of drug-likeness (QED) is 0.760. The Morgan fingerprint density at radius 2 is 2.07 bits per heavy atom. The second kappa shape index (κ2) is 6.15. The molecule has 1 N–H and O–H groups in total. The maximum absolute atomic E-state index is 12.5. The van der Waals surface area contributed by atoms with Gasteiger partial charge in [0.05, 0.1) is 0 Å². The highest BCUT2D eigenvalue weighted by Crippen LogP contribution is 2.69. The molecule has 2 saturated carbocycles. The van der Waals surface area contributed by atoms with Crippen LogP contribution in [0, 0.1) is 34.5 Å². The van der Waals surface area contributed by atoms with Crippen molar-refractivity contribution in [1.29, 1.82) is 0 Å². The van der Waals surface area contributed by atoms with E-state index in [1.165, 1.54) is 18.5 Å². The van der Waals surface area contributed by atoms with Crippen molar-refractivity contribution in [3.63, 3.8) is 0 Å². The monoisotopic (exact) mass is 369 g/mol. The minimum absolute atomic E-state index is 0.0758. The summed E-state index contributed by atoms with van der Waals surface area (Å²) < 4.78 is 0. The van der Waals surface area contributed by atoms with Gasteiger partial charge in [-0.1, -0.05) is 39.1 Å². The first-order valence-electron chi connectivity index (χ1n) is 11.3. The van der Waals surface area contributed by atoms with Gasteiger partial charge in [0.15, 0.2) is 0 Å². The van der Waals surface area contributed by atoms with Crippen molar-refractivity contribution < 1.29 is 9.90 Å². The van der Waals surface area contributed by atoms with Gasteiger partial charge >= 0.3 is 0 Å². The molecule has 0 aromatic rings. The third-order valence-corrected chi connectivity index (χ3v) is 9.26. The molecule has 3 nitrogen and oxygen atoms in total. The van der Waals surface area contributed by atoms with E-state index in [1.54, 1.807) is 0 Å². The van der Waals surface area contributed by atoms with Crippen LogP contribution in [0.4, 0.5) is 0 Å². The van der Waals surface area contributed by atoms with Gasteiger partial charge in [0.2, 0.25) is 5.91 Å². The summed E-state index contributed by atoms with van der Waals surface area (Å²) in [4.78, 5) is 14.5. The Kier molecular flexibility index (Phi) is 4.46. The fourth-order valence-electron chi connectivity index (χ4n) is 8.71. The molecule has 0 aromatic carbocycles. The highest BCUT2D eigenvalue weighted by Gasteiger charge is 2.65. The number of nitrogens with zero attached hydrogens (tertiary/aromatic N) is 1. The molecule has 0 spiro atoms. The van der Waals surface area contributed by atoms with Gasteiger partial charge in [-0.3, -0.25) is 4.79 Å². The summed E-state index contributed by atoms with van der Waals surface area (Å²) in [5.74, 6) is 3.17. The summed E-state index contributed by atoms with van der Waals surface area (Å²) in [5.41, 5.74) is 0.717. The van der Waals surface area contributed by atoms with Gasteiger partial charge in [-0.2, -0.15) is 0 Å². The highest BCUT2D eigenvalue weighted by atomic mass is 16.3. The Morgan fingerprint density at radius 3 is 2.70 bits per heavy atom. The lowest BCUT2D eigenvalue weighted by Crippen LogP contribution is -2.64. The zero-order valence-corrected chi connectivity index (χ0v) is 18.2. The lowest BCUT2D eigenvalue weighted by Gasteiger charge is -2.64. The first-order valence-corrected chi connectivity index (χ1v) is 11.3. The van der Waals surface area contributed by atoms with E-state index in [1.807, 2.05) is 4.90 Å². The number of likely N-dealkylation sites (tertiary alicyclic amines) is 1. The minimum atomic E-state index is -0.665. The zero-order valence-electron chi connectivity index (χ0n) is 18.2. The highest BCUT2D eigenvalue weighted by molar-refractivity contribution is 6.15. The van der Waals surface area contributed by atoms with Crippen molar-refractivity contribution >= 4 is 21.6 Å². The Balaban J connectivity index is 1.79. The largest absolute Gasteiger partial charge is 0.399 e. The van der Waals surface area contributed by atoms with E-state index in [2.05, 4.69) is 49.5 Å². The summed E-state index contributed by atoms with van der Waals surface area (Å²) in [6.07, 6.45) is 8.46. The van der Waals surface area contributed by atoms with Gasteiger partial charge < -0.3 is 10.0 Å². The van der Waals surface area contributed by atoms with Crippen molar-refractivity contribution in [2.45, 2.75) is 77.5 Å².